The average Bonchev–Trinajstić information content (AvgIpc) is 2.84. The third-order valence-electron chi connectivity index (χ3n) is 4.03. The van der Waals surface area contributed by atoms with Crippen molar-refractivity contribution in [3.63, 3.8) is 0 Å². The summed E-state index contributed by atoms with van der Waals surface area (Å²) in [7, 11) is 0. The maximum atomic E-state index is 12.1. The van der Waals surface area contributed by atoms with E-state index in [0.29, 0.717) is 24.6 Å². The first kappa shape index (κ1) is 14.6. The molecule has 1 amide bonds. The molecule has 0 radical (unpaired) electrons. The number of carboxylic acids is 1. The molecule has 5 heteroatoms. The topological polar surface area (TPSA) is 70.8 Å². The molecular formula is C15H21NO4. The Morgan fingerprint density at radius 1 is 1.50 bits per heavy atom. The van der Waals surface area contributed by atoms with Crippen molar-refractivity contribution in [2.75, 3.05) is 6.54 Å². The molecule has 1 aliphatic rings. The molecule has 0 saturated carbocycles. The SMILES string of the molecule is Cc1oc(C(=O)O)cc1CN1CC(C(C)(C)C)CC1=O. The highest BCUT2D eigenvalue weighted by atomic mass is 16.4. The summed E-state index contributed by atoms with van der Waals surface area (Å²) >= 11 is 0. The van der Waals surface area contributed by atoms with Crippen LogP contribution in [0.25, 0.3) is 0 Å². The van der Waals surface area contributed by atoms with Crippen molar-refractivity contribution in [3.05, 3.63) is 23.2 Å². The quantitative estimate of drug-likeness (QED) is 0.923. The van der Waals surface area contributed by atoms with Crippen LogP contribution >= 0.6 is 0 Å². The molecule has 1 aromatic rings. The number of hydrogen-bond acceptors (Lipinski definition) is 3. The summed E-state index contributed by atoms with van der Waals surface area (Å²) in [6.07, 6.45) is 0.562. The number of furan rings is 1. The molecule has 5 nitrogen and oxygen atoms in total. The smallest absolute Gasteiger partial charge is 0.371 e. The molecule has 20 heavy (non-hydrogen) atoms. The molecule has 2 rings (SSSR count). The lowest BCUT2D eigenvalue weighted by Gasteiger charge is -2.26. The van der Waals surface area contributed by atoms with Crippen molar-refractivity contribution in [1.82, 2.24) is 4.90 Å². The largest absolute Gasteiger partial charge is 0.475 e. The van der Waals surface area contributed by atoms with E-state index >= 15 is 0 Å². The van der Waals surface area contributed by atoms with Gasteiger partial charge < -0.3 is 14.4 Å². The highest BCUT2D eigenvalue weighted by Gasteiger charge is 2.37. The first-order valence-corrected chi connectivity index (χ1v) is 6.79. The van der Waals surface area contributed by atoms with Crippen LogP contribution in [-0.4, -0.2) is 28.4 Å². The van der Waals surface area contributed by atoms with Gasteiger partial charge in [-0.25, -0.2) is 4.79 Å². The number of carboxylic acid groups (broad SMARTS) is 1. The molecule has 1 aromatic heterocycles. The van der Waals surface area contributed by atoms with E-state index < -0.39 is 5.97 Å². The fourth-order valence-electron chi connectivity index (χ4n) is 2.49. The normalized spacial score (nSPS) is 19.7. The lowest BCUT2D eigenvalue weighted by Crippen LogP contribution is -2.27. The van der Waals surface area contributed by atoms with Gasteiger partial charge in [0.15, 0.2) is 0 Å². The summed E-state index contributed by atoms with van der Waals surface area (Å²) in [5.74, 6) is -0.130. The van der Waals surface area contributed by atoms with Crippen molar-refractivity contribution in [1.29, 1.82) is 0 Å². The Labute approximate surface area is 118 Å². The lowest BCUT2D eigenvalue weighted by atomic mass is 9.80. The maximum Gasteiger partial charge on any atom is 0.371 e. The highest BCUT2D eigenvalue weighted by Crippen LogP contribution is 2.35. The number of aryl methyl sites for hydroxylation is 1. The van der Waals surface area contributed by atoms with Gasteiger partial charge in [-0.2, -0.15) is 0 Å². The molecule has 0 aliphatic carbocycles. The van der Waals surface area contributed by atoms with Gasteiger partial charge in [-0.1, -0.05) is 20.8 Å². The van der Waals surface area contributed by atoms with Crippen LogP contribution in [0.3, 0.4) is 0 Å². The lowest BCUT2D eigenvalue weighted by molar-refractivity contribution is -0.128. The predicted molar refractivity (Wildman–Crippen MR) is 73.4 cm³/mol. The molecule has 0 aromatic carbocycles. The van der Waals surface area contributed by atoms with Crippen LogP contribution in [-0.2, 0) is 11.3 Å². The van der Waals surface area contributed by atoms with Crippen LogP contribution < -0.4 is 0 Å². The van der Waals surface area contributed by atoms with Gasteiger partial charge >= 0.3 is 5.97 Å². The van der Waals surface area contributed by atoms with Gasteiger partial charge in [-0.15, -0.1) is 0 Å². The van der Waals surface area contributed by atoms with Gasteiger partial charge in [0.2, 0.25) is 11.7 Å². The minimum atomic E-state index is -1.08. The molecule has 2 heterocycles. The Bertz CT molecular complexity index is 539. The number of rotatable bonds is 3. The fourth-order valence-corrected chi connectivity index (χ4v) is 2.49. The minimum Gasteiger partial charge on any atom is -0.475 e. The van der Waals surface area contributed by atoms with Crippen LogP contribution in [0.15, 0.2) is 10.5 Å². The molecular weight excluding hydrogens is 258 g/mol. The van der Waals surface area contributed by atoms with Crippen molar-refractivity contribution in [2.24, 2.45) is 11.3 Å². The number of amides is 1. The van der Waals surface area contributed by atoms with Crippen molar-refractivity contribution < 1.29 is 19.1 Å². The summed E-state index contributed by atoms with van der Waals surface area (Å²) in [6, 6.07) is 1.51. The number of aromatic carboxylic acids is 1. The fraction of sp³-hybridized carbons (Fsp3) is 0.600. The van der Waals surface area contributed by atoms with Crippen LogP contribution in [0, 0.1) is 18.3 Å². The third-order valence-corrected chi connectivity index (χ3v) is 4.03. The second-order valence-corrected chi connectivity index (χ2v) is 6.54. The summed E-state index contributed by atoms with van der Waals surface area (Å²) in [6.45, 7) is 9.28. The summed E-state index contributed by atoms with van der Waals surface area (Å²) in [4.78, 5) is 24.7. The van der Waals surface area contributed by atoms with Gasteiger partial charge in [-0.3, -0.25) is 4.79 Å². The van der Waals surface area contributed by atoms with Gasteiger partial charge in [0, 0.05) is 25.1 Å². The zero-order valence-corrected chi connectivity index (χ0v) is 12.4. The molecule has 1 atom stereocenters. The van der Waals surface area contributed by atoms with Gasteiger partial charge in [0.05, 0.1) is 0 Å². The molecule has 1 fully saturated rings. The Balaban J connectivity index is 2.11. The summed E-state index contributed by atoms with van der Waals surface area (Å²) in [5.41, 5.74) is 0.868. The number of carbonyl (C=O) groups excluding carboxylic acids is 1. The Hall–Kier alpha value is -1.78. The Morgan fingerprint density at radius 3 is 2.60 bits per heavy atom. The first-order chi connectivity index (χ1) is 9.18. The molecule has 110 valence electrons. The van der Waals surface area contributed by atoms with E-state index in [1.54, 1.807) is 11.8 Å². The first-order valence-electron chi connectivity index (χ1n) is 6.79. The van der Waals surface area contributed by atoms with Crippen LogP contribution in [0.2, 0.25) is 0 Å². The standard InChI is InChI=1S/C15H21NO4/c1-9-10(5-12(20-9)14(18)19)7-16-8-11(6-13(16)17)15(2,3)4/h5,11H,6-8H2,1-4H3,(H,18,19). The van der Waals surface area contributed by atoms with Crippen LogP contribution in [0.4, 0.5) is 0 Å². The molecule has 1 unspecified atom stereocenters. The third kappa shape index (κ3) is 2.86. The van der Waals surface area contributed by atoms with Crippen LogP contribution in [0.1, 0.15) is 49.1 Å². The second kappa shape index (κ2) is 4.96. The Morgan fingerprint density at radius 2 is 2.15 bits per heavy atom. The van der Waals surface area contributed by atoms with E-state index in [1.165, 1.54) is 6.07 Å². The number of likely N-dealkylation sites (tertiary alicyclic amines) is 1. The molecule has 1 aliphatic heterocycles. The Kier molecular flexibility index (Phi) is 3.63. The molecule has 1 N–H and O–H groups in total. The van der Waals surface area contributed by atoms with Crippen molar-refractivity contribution in [2.45, 2.75) is 40.7 Å². The zero-order valence-electron chi connectivity index (χ0n) is 12.4. The number of nitrogens with zero attached hydrogens (tertiary/aromatic N) is 1. The monoisotopic (exact) mass is 279 g/mol. The predicted octanol–water partition coefficient (Wildman–Crippen LogP) is 2.68. The maximum absolute atomic E-state index is 12.1. The molecule has 0 spiro atoms. The zero-order chi connectivity index (χ0) is 15.1. The van der Waals surface area contributed by atoms with Crippen molar-refractivity contribution >= 4 is 11.9 Å². The molecule has 0 bridgehead atoms. The summed E-state index contributed by atoms with van der Waals surface area (Å²) < 4.78 is 5.18. The van der Waals surface area contributed by atoms with Gasteiger partial charge in [0.1, 0.15) is 5.76 Å². The van der Waals surface area contributed by atoms with Crippen LogP contribution in [0.5, 0.6) is 0 Å². The second-order valence-electron chi connectivity index (χ2n) is 6.54. The van der Waals surface area contributed by atoms with E-state index in [-0.39, 0.29) is 17.1 Å². The molecule has 1 saturated heterocycles. The van der Waals surface area contributed by atoms with Gasteiger partial charge in [-0.05, 0) is 24.3 Å². The van der Waals surface area contributed by atoms with Crippen molar-refractivity contribution in [3.8, 4) is 0 Å². The van der Waals surface area contributed by atoms with E-state index in [0.717, 1.165) is 12.1 Å². The highest BCUT2D eigenvalue weighted by molar-refractivity contribution is 5.84. The number of hydrogen-bond donors (Lipinski definition) is 1. The van der Waals surface area contributed by atoms with E-state index in [1.807, 2.05) is 0 Å². The van der Waals surface area contributed by atoms with E-state index in [4.69, 9.17) is 9.52 Å². The number of carbonyl (C=O) groups is 2. The summed E-state index contributed by atoms with van der Waals surface area (Å²) in [5, 5.41) is 8.91. The van der Waals surface area contributed by atoms with E-state index in [9.17, 15) is 9.59 Å². The van der Waals surface area contributed by atoms with E-state index in [2.05, 4.69) is 20.8 Å². The average molecular weight is 279 g/mol. The van der Waals surface area contributed by atoms with Gasteiger partial charge in [0.25, 0.3) is 0 Å². The minimum absolute atomic E-state index is 0.0727.